The van der Waals surface area contributed by atoms with Crippen LogP contribution in [0.15, 0.2) is 23.5 Å². The third-order valence-corrected chi connectivity index (χ3v) is 13.7. The van der Waals surface area contributed by atoms with Gasteiger partial charge >= 0.3 is 0 Å². The number of ketones is 2. The number of ether oxygens (including phenoxy) is 2. The van der Waals surface area contributed by atoms with Crippen molar-refractivity contribution in [2.75, 3.05) is 50.1 Å². The van der Waals surface area contributed by atoms with E-state index < -0.39 is 22.4 Å². The van der Waals surface area contributed by atoms with Crippen LogP contribution < -0.4 is 0 Å². The number of hydrogen-bond acceptors (Lipinski definition) is 4. The third-order valence-electron chi connectivity index (χ3n) is 7.70. The SMILES string of the molecule is CC1(C)OC(C)(C)/C(=C/[N-]CC[N-]/C=C2\C(=O)C(C)(C)OC2(C)C)C1=O.CC[PH+](CC)CC.CC[PH+](CC)CC.[99Tc]. The molecule has 0 saturated carbocycles. The summed E-state index contributed by atoms with van der Waals surface area (Å²) >= 11 is 0. The molecule has 2 heterocycles. The normalized spacial score (nSPS) is 21.8. The van der Waals surface area contributed by atoms with E-state index >= 15 is 0 Å². The minimum absolute atomic E-state index is 0. The van der Waals surface area contributed by atoms with E-state index in [9.17, 15) is 9.59 Å². The molecule has 6 nitrogen and oxygen atoms in total. The van der Waals surface area contributed by atoms with Gasteiger partial charge in [0.15, 0.2) is 11.6 Å². The quantitative estimate of drug-likeness (QED) is 0.123. The molecule has 241 valence electrons. The molecule has 41 heavy (non-hydrogen) atoms. The summed E-state index contributed by atoms with van der Waals surface area (Å²) in [7, 11) is 0.275. The second-order valence-corrected chi connectivity index (χ2v) is 19.7. The van der Waals surface area contributed by atoms with Crippen molar-refractivity contribution in [3.8, 4) is 0 Å². The van der Waals surface area contributed by atoms with Crippen LogP contribution in [0, 0.1) is 0 Å². The van der Waals surface area contributed by atoms with Crippen LogP contribution in [0.5, 0.6) is 0 Å². The molecule has 2 saturated heterocycles. The number of rotatable bonds is 11. The standard InChI is InChI=1S/C20H32N2O4.2C6H15P.Tc/c1-17(2)13(15(23)19(5,6)25-17)11-21-9-10-22-12-14-16(24)20(7,8)26-18(14,3)4;2*1-4-7(5-2)6-3;/h11-12H,9-10H2,1-8H3,(H2,21,22,23,24);2*4-6H2,1-3H3;/i;;;1+1. The van der Waals surface area contributed by atoms with E-state index in [2.05, 4.69) is 52.2 Å². The van der Waals surface area contributed by atoms with Gasteiger partial charge in [-0.15, -0.1) is 13.1 Å². The van der Waals surface area contributed by atoms with Crippen LogP contribution in [0.3, 0.4) is 0 Å². The van der Waals surface area contributed by atoms with Crippen LogP contribution >= 0.6 is 15.8 Å². The molecule has 0 atom stereocenters. The van der Waals surface area contributed by atoms with Crippen LogP contribution in [-0.2, 0) is 39.2 Å². The van der Waals surface area contributed by atoms with Crippen LogP contribution in [-0.4, -0.2) is 84.0 Å². The predicted octanol–water partition coefficient (Wildman–Crippen LogP) is 8.33. The van der Waals surface area contributed by atoms with E-state index in [0.29, 0.717) is 24.2 Å². The average Bonchev–Trinajstić information content (AvgIpc) is 3.12. The van der Waals surface area contributed by atoms with Crippen molar-refractivity contribution in [2.45, 2.75) is 119 Å². The zero-order chi connectivity index (χ0) is 31.4. The maximum Gasteiger partial charge on any atom is 0.191 e. The Hall–Kier alpha value is -0.151. The van der Waals surface area contributed by atoms with E-state index in [4.69, 9.17) is 9.47 Å². The van der Waals surface area contributed by atoms with Gasteiger partial charge in [0.05, 0.1) is 48.2 Å². The van der Waals surface area contributed by atoms with Gasteiger partial charge in [0.25, 0.3) is 0 Å². The second-order valence-electron chi connectivity index (χ2n) is 12.4. The molecule has 2 rings (SSSR count). The van der Waals surface area contributed by atoms with E-state index in [1.807, 2.05) is 27.7 Å². The molecule has 0 amide bonds. The average molecular weight is 700 g/mol. The monoisotopic (exact) mass is 699 g/mol. The Morgan fingerprint density at radius 3 is 0.927 bits per heavy atom. The topological polar surface area (TPSA) is 80.8 Å². The Morgan fingerprint density at radius 1 is 0.537 bits per heavy atom. The molecule has 9 heteroatoms. The molecule has 0 spiro atoms. The van der Waals surface area contributed by atoms with Gasteiger partial charge < -0.3 is 20.1 Å². The number of carbonyl (C=O) groups is 2. The van der Waals surface area contributed by atoms with Crippen molar-refractivity contribution in [3.63, 3.8) is 0 Å². The number of carbonyl (C=O) groups excluding carboxylic acids is 2. The summed E-state index contributed by atoms with van der Waals surface area (Å²) in [6, 6.07) is 0. The fourth-order valence-corrected chi connectivity index (χ4v) is 8.03. The summed E-state index contributed by atoms with van der Waals surface area (Å²) in [5.74, 6) is -0.0778. The van der Waals surface area contributed by atoms with Crippen molar-refractivity contribution in [3.05, 3.63) is 34.2 Å². The van der Waals surface area contributed by atoms with Crippen LogP contribution in [0.4, 0.5) is 0 Å². The first-order valence-electron chi connectivity index (χ1n) is 15.3. The molecule has 2 fully saturated rings. The van der Waals surface area contributed by atoms with E-state index in [0.717, 1.165) is 0 Å². The first kappa shape index (κ1) is 43.0. The van der Waals surface area contributed by atoms with Gasteiger partial charge in [-0.2, -0.15) is 12.4 Å². The van der Waals surface area contributed by atoms with Crippen molar-refractivity contribution < 1.29 is 39.2 Å². The molecule has 0 aromatic heterocycles. The van der Waals surface area contributed by atoms with Gasteiger partial charge in [0, 0.05) is 31.3 Å². The van der Waals surface area contributed by atoms with Crippen LogP contribution in [0.1, 0.15) is 96.9 Å². The van der Waals surface area contributed by atoms with Gasteiger partial charge in [-0.25, -0.2) is 0 Å². The second kappa shape index (κ2) is 19.3. The van der Waals surface area contributed by atoms with Gasteiger partial charge in [-0.1, -0.05) is 0 Å². The molecule has 0 aromatic carbocycles. The number of hydrogen-bond donors (Lipinski definition) is 0. The first-order valence-corrected chi connectivity index (χ1v) is 19.6. The Morgan fingerprint density at radius 2 is 0.780 bits per heavy atom. The Bertz CT molecular complexity index is 781. The predicted molar refractivity (Wildman–Crippen MR) is 181 cm³/mol. The Kier molecular flexibility index (Phi) is 20.2. The molecule has 1 radical (unpaired) electrons. The zero-order valence-electron chi connectivity index (χ0n) is 28.7. The van der Waals surface area contributed by atoms with E-state index in [1.165, 1.54) is 37.0 Å². The maximum absolute atomic E-state index is 12.4. The maximum atomic E-state index is 12.4. The summed E-state index contributed by atoms with van der Waals surface area (Å²) in [5.41, 5.74) is -1.79. The zero-order valence-corrected chi connectivity index (χ0v) is 32.6. The number of nitrogens with zero attached hydrogens (tertiary/aromatic N) is 2. The fourth-order valence-electron chi connectivity index (χ4n) is 5.03. The van der Waals surface area contributed by atoms with Gasteiger partial charge in [0.2, 0.25) is 0 Å². The molecule has 0 bridgehead atoms. The molecule has 0 aliphatic carbocycles. The minimum Gasteiger partial charge on any atom is -0.691 e. The van der Waals surface area contributed by atoms with Crippen molar-refractivity contribution in [1.29, 1.82) is 0 Å². The molecular weight excluding hydrogens is 637 g/mol. The smallest absolute Gasteiger partial charge is 0.191 e. The minimum atomic E-state index is -0.819. The van der Waals surface area contributed by atoms with Crippen LogP contribution in [0.25, 0.3) is 10.6 Å². The molecule has 0 aromatic rings. The summed E-state index contributed by atoms with van der Waals surface area (Å²) in [4.78, 5) is 24.7. The molecule has 2 aliphatic rings. The molecular formula is C32H62N2O4P2Tc. The molecule has 0 unspecified atom stereocenters. The summed E-state index contributed by atoms with van der Waals surface area (Å²) in [6.45, 7) is 29.2. The van der Waals surface area contributed by atoms with Gasteiger partial charge in [-0.05, 0) is 113 Å². The summed E-state index contributed by atoms with van der Waals surface area (Å²) < 4.78 is 11.6. The van der Waals surface area contributed by atoms with E-state index in [1.54, 1.807) is 40.1 Å². The summed E-state index contributed by atoms with van der Waals surface area (Å²) in [6.07, 6.45) is 11.9. The Labute approximate surface area is 269 Å². The molecule has 0 N–H and O–H groups in total. The summed E-state index contributed by atoms with van der Waals surface area (Å²) in [5, 5.41) is 8.62. The van der Waals surface area contributed by atoms with Crippen molar-refractivity contribution in [2.24, 2.45) is 0 Å². The van der Waals surface area contributed by atoms with E-state index in [-0.39, 0.29) is 47.5 Å². The largest absolute Gasteiger partial charge is 0.691 e. The van der Waals surface area contributed by atoms with Gasteiger partial charge in [0.1, 0.15) is 11.2 Å². The van der Waals surface area contributed by atoms with Crippen molar-refractivity contribution >= 4 is 27.4 Å². The van der Waals surface area contributed by atoms with Gasteiger partial charge in [-0.3, -0.25) is 9.59 Å². The molecule has 2 aliphatic heterocycles. The number of Topliss-reactive ketones (excluding diaryl/α,β-unsaturated/α-hetero) is 2. The Balaban J connectivity index is 0. The van der Waals surface area contributed by atoms with Crippen molar-refractivity contribution in [1.82, 2.24) is 0 Å². The van der Waals surface area contributed by atoms with Crippen LogP contribution in [0.2, 0.25) is 0 Å². The first-order chi connectivity index (χ1) is 18.4. The fraction of sp³-hybridized carbons (Fsp3) is 0.812. The third kappa shape index (κ3) is 13.6.